The SMILES string of the molecule is CCCCCCC/C=C\C/C=C\CCCCCCCCCCCCCCCCCCCCCCCCCCCCCCCC(=O)OC(COC(=O)CCCCCCCCCCCCCCCCCCCCCCCCCC)COP(=O)(O)OCCN. The Morgan fingerprint density at radius 3 is 0.884 bits per heavy atom. The molecule has 0 aliphatic heterocycles. The second kappa shape index (κ2) is 72.6. The van der Waals surface area contributed by atoms with Crippen molar-refractivity contribution >= 4 is 19.8 Å². The normalized spacial score (nSPS) is 12.9. The van der Waals surface area contributed by atoms with E-state index in [0.29, 0.717) is 6.42 Å². The van der Waals surface area contributed by atoms with Gasteiger partial charge in [0.1, 0.15) is 6.61 Å². The molecule has 0 fully saturated rings. The van der Waals surface area contributed by atoms with Crippen molar-refractivity contribution in [1.82, 2.24) is 0 Å². The molecule has 2 atom stereocenters. The lowest BCUT2D eigenvalue weighted by molar-refractivity contribution is -0.161. The number of nitrogens with two attached hydrogens (primary N) is 1. The number of phosphoric ester groups is 1. The quantitative estimate of drug-likeness (QED) is 0.0264. The van der Waals surface area contributed by atoms with Crippen molar-refractivity contribution in [3.05, 3.63) is 24.3 Å². The second-order valence-corrected chi connectivity index (χ2v) is 27.7. The van der Waals surface area contributed by atoms with E-state index < -0.39 is 26.5 Å². The average Bonchev–Trinajstić information content (AvgIpc) is 3.58. The summed E-state index contributed by atoms with van der Waals surface area (Å²) in [6.07, 6.45) is 90.3. The summed E-state index contributed by atoms with van der Waals surface area (Å²) < 4.78 is 33.2. The van der Waals surface area contributed by atoms with Crippen LogP contribution in [0.2, 0.25) is 0 Å². The van der Waals surface area contributed by atoms with E-state index in [4.69, 9.17) is 24.3 Å². The lowest BCUT2D eigenvalue weighted by atomic mass is 10.0. The Hall–Kier alpha value is -1.51. The maximum atomic E-state index is 12.8. The van der Waals surface area contributed by atoms with Gasteiger partial charge in [-0.2, -0.15) is 0 Å². The minimum atomic E-state index is -4.39. The minimum absolute atomic E-state index is 0.0578. The van der Waals surface area contributed by atoms with E-state index in [1.807, 2.05) is 0 Å². The molecule has 0 amide bonds. The number of phosphoric acid groups is 1. The van der Waals surface area contributed by atoms with Crippen LogP contribution >= 0.6 is 7.82 Å². The van der Waals surface area contributed by atoms with E-state index in [0.717, 1.165) is 38.5 Å². The van der Waals surface area contributed by atoms with Crippen LogP contribution in [-0.2, 0) is 32.7 Å². The molecule has 3 N–H and O–H groups in total. The van der Waals surface area contributed by atoms with Crippen molar-refractivity contribution in [3.63, 3.8) is 0 Å². The van der Waals surface area contributed by atoms with Crippen molar-refractivity contribution in [2.45, 2.75) is 424 Å². The third-order valence-corrected chi connectivity index (χ3v) is 18.6. The third-order valence-electron chi connectivity index (χ3n) is 17.6. The van der Waals surface area contributed by atoms with Crippen molar-refractivity contribution in [2.24, 2.45) is 5.73 Å². The van der Waals surface area contributed by atoms with Crippen LogP contribution in [0.25, 0.3) is 0 Å². The number of carbonyl (C=O) groups is 2. The van der Waals surface area contributed by atoms with Gasteiger partial charge in [0, 0.05) is 19.4 Å². The summed E-state index contributed by atoms with van der Waals surface area (Å²) in [5.41, 5.74) is 5.41. The zero-order valence-electron chi connectivity index (χ0n) is 57.6. The fourth-order valence-electron chi connectivity index (χ4n) is 11.9. The maximum Gasteiger partial charge on any atom is 0.472 e. The van der Waals surface area contributed by atoms with Gasteiger partial charge in [-0.15, -0.1) is 0 Å². The van der Waals surface area contributed by atoms with Crippen molar-refractivity contribution in [3.8, 4) is 0 Å². The lowest BCUT2D eigenvalue weighted by Crippen LogP contribution is -2.29. The molecule has 0 aromatic rings. The van der Waals surface area contributed by atoms with Gasteiger partial charge in [-0.25, -0.2) is 4.57 Å². The Balaban J connectivity index is 3.72. The summed E-state index contributed by atoms with van der Waals surface area (Å²) in [4.78, 5) is 35.4. The minimum Gasteiger partial charge on any atom is -0.462 e. The molecule has 0 aliphatic carbocycles. The van der Waals surface area contributed by atoms with Gasteiger partial charge >= 0.3 is 19.8 Å². The van der Waals surface area contributed by atoms with Crippen LogP contribution in [0.15, 0.2) is 24.3 Å². The largest absolute Gasteiger partial charge is 0.472 e. The number of carbonyl (C=O) groups excluding carboxylic acids is 2. The van der Waals surface area contributed by atoms with Crippen LogP contribution in [0.3, 0.4) is 0 Å². The van der Waals surface area contributed by atoms with E-state index >= 15 is 0 Å². The zero-order valence-corrected chi connectivity index (χ0v) is 58.5. The van der Waals surface area contributed by atoms with Crippen molar-refractivity contribution < 1.29 is 37.6 Å². The molecule has 0 saturated heterocycles. The fourth-order valence-corrected chi connectivity index (χ4v) is 12.7. The van der Waals surface area contributed by atoms with Gasteiger partial charge in [0.2, 0.25) is 0 Å². The maximum absolute atomic E-state index is 12.8. The Bertz CT molecular complexity index is 1460. The number of hydrogen-bond donors (Lipinski definition) is 2. The number of rotatable bonds is 74. The topological polar surface area (TPSA) is 134 Å². The Kier molecular flexibility index (Phi) is 71.3. The molecule has 0 radical (unpaired) electrons. The molecule has 0 aromatic carbocycles. The summed E-state index contributed by atoms with van der Waals surface area (Å²) >= 11 is 0. The molecule has 0 bridgehead atoms. The van der Waals surface area contributed by atoms with E-state index in [1.54, 1.807) is 0 Å². The molecular weight excluding hydrogens is 1090 g/mol. The molecule has 0 aliphatic rings. The Morgan fingerprint density at radius 1 is 0.349 bits per heavy atom. The first-order valence-corrected chi connectivity index (χ1v) is 39.8. The molecule has 2 unspecified atom stereocenters. The predicted octanol–water partition coefficient (Wildman–Crippen LogP) is 25.3. The highest BCUT2D eigenvalue weighted by molar-refractivity contribution is 7.47. The predicted molar refractivity (Wildman–Crippen MR) is 372 cm³/mol. The first-order valence-electron chi connectivity index (χ1n) is 38.3. The molecular formula is C76H148NO8P. The monoisotopic (exact) mass is 1230 g/mol. The third kappa shape index (κ3) is 71.6. The van der Waals surface area contributed by atoms with Crippen LogP contribution in [0.4, 0.5) is 0 Å². The highest BCUT2D eigenvalue weighted by Crippen LogP contribution is 2.43. The molecule has 0 rings (SSSR count). The fraction of sp³-hybridized carbons (Fsp3) is 0.921. The second-order valence-electron chi connectivity index (χ2n) is 26.2. The Morgan fingerprint density at radius 2 is 0.605 bits per heavy atom. The lowest BCUT2D eigenvalue weighted by Gasteiger charge is -2.19. The van der Waals surface area contributed by atoms with Gasteiger partial charge in [0.15, 0.2) is 6.10 Å². The van der Waals surface area contributed by atoms with Gasteiger partial charge in [-0.05, 0) is 44.9 Å². The van der Waals surface area contributed by atoms with Gasteiger partial charge < -0.3 is 20.1 Å². The standard InChI is InChI=1S/C76H148NO8P/c1-3-5-7-9-11-13-15-17-19-21-23-25-27-29-30-31-32-33-34-35-36-37-38-39-40-41-42-43-44-45-47-49-51-53-55-57-59-61-63-65-67-69-76(79)85-74(73-84-86(80,81)83-71-70-77)72-82-75(78)68-66-64-62-60-58-56-54-52-50-48-46-28-26-24-22-20-18-16-14-12-10-8-6-4-2/h15,17,21,23,74H,3-14,16,18-20,22,24-73,77H2,1-2H3,(H,80,81)/b17-15-,23-21-. The first-order chi connectivity index (χ1) is 42.3. The number of allylic oxidation sites excluding steroid dienone is 4. The summed E-state index contributed by atoms with van der Waals surface area (Å²) in [5, 5.41) is 0. The molecule has 510 valence electrons. The molecule has 0 saturated carbocycles. The molecule has 0 spiro atoms. The number of unbranched alkanes of at least 4 members (excludes halogenated alkanes) is 57. The van der Waals surface area contributed by atoms with Crippen molar-refractivity contribution in [1.29, 1.82) is 0 Å². The number of ether oxygens (including phenoxy) is 2. The summed E-state index contributed by atoms with van der Waals surface area (Å²) in [5.74, 6) is -0.799. The van der Waals surface area contributed by atoms with Crippen LogP contribution in [0, 0.1) is 0 Å². The first kappa shape index (κ1) is 84.5. The van der Waals surface area contributed by atoms with E-state index in [1.165, 1.54) is 347 Å². The van der Waals surface area contributed by atoms with Crippen LogP contribution in [0.1, 0.15) is 418 Å². The highest BCUT2D eigenvalue weighted by Gasteiger charge is 2.26. The Labute approximate surface area is 535 Å². The van der Waals surface area contributed by atoms with Crippen LogP contribution < -0.4 is 5.73 Å². The summed E-state index contributed by atoms with van der Waals surface area (Å²) in [6, 6.07) is 0. The molecule has 86 heavy (non-hydrogen) atoms. The molecule has 0 aromatic heterocycles. The van der Waals surface area contributed by atoms with Gasteiger partial charge in [0.25, 0.3) is 0 Å². The van der Waals surface area contributed by atoms with E-state index in [-0.39, 0.29) is 38.6 Å². The van der Waals surface area contributed by atoms with E-state index in [2.05, 4.69) is 38.2 Å². The summed E-state index contributed by atoms with van der Waals surface area (Å²) in [7, 11) is -4.39. The number of hydrogen-bond acceptors (Lipinski definition) is 8. The van der Waals surface area contributed by atoms with Gasteiger partial charge in [-0.1, -0.05) is 385 Å². The summed E-state index contributed by atoms with van der Waals surface area (Å²) in [6.45, 7) is 3.83. The van der Waals surface area contributed by atoms with Gasteiger partial charge in [-0.3, -0.25) is 18.6 Å². The zero-order chi connectivity index (χ0) is 62.3. The van der Waals surface area contributed by atoms with Crippen molar-refractivity contribution in [2.75, 3.05) is 26.4 Å². The molecule has 10 heteroatoms. The molecule has 0 heterocycles. The highest BCUT2D eigenvalue weighted by atomic mass is 31.2. The average molecular weight is 1230 g/mol. The number of esters is 2. The smallest absolute Gasteiger partial charge is 0.462 e. The van der Waals surface area contributed by atoms with Gasteiger partial charge in [0.05, 0.1) is 13.2 Å². The molecule has 9 nitrogen and oxygen atoms in total. The van der Waals surface area contributed by atoms with Crippen LogP contribution in [-0.4, -0.2) is 49.3 Å². The van der Waals surface area contributed by atoms with Crippen LogP contribution in [0.5, 0.6) is 0 Å². The van der Waals surface area contributed by atoms with E-state index in [9.17, 15) is 19.0 Å².